The summed E-state index contributed by atoms with van der Waals surface area (Å²) in [5.41, 5.74) is -1.04. The summed E-state index contributed by atoms with van der Waals surface area (Å²) < 4.78 is 42.4. The first-order chi connectivity index (χ1) is 12.1. The van der Waals surface area contributed by atoms with Crippen molar-refractivity contribution in [3.8, 4) is 0 Å². The van der Waals surface area contributed by atoms with E-state index in [-0.39, 0.29) is 19.6 Å². The molecule has 1 N–H and O–H groups in total. The number of amides is 1. The van der Waals surface area contributed by atoms with Gasteiger partial charge < -0.3 is 9.84 Å². The lowest BCUT2D eigenvalue weighted by molar-refractivity contribution is -0.153. The summed E-state index contributed by atoms with van der Waals surface area (Å²) in [5, 5.41) is 9.56. The molecule has 0 saturated heterocycles. The normalized spacial score (nSPS) is 13.7. The van der Waals surface area contributed by atoms with E-state index >= 15 is 0 Å². The molecule has 0 aromatic heterocycles. The number of carboxylic acids is 1. The number of carbonyl (C=O) groups excluding carboxylic acids is 1. The van der Waals surface area contributed by atoms with Gasteiger partial charge in [0.2, 0.25) is 0 Å². The van der Waals surface area contributed by atoms with Crippen LogP contribution in [0, 0.1) is 0 Å². The molecule has 0 saturated carbocycles. The molecule has 1 unspecified atom stereocenters. The van der Waals surface area contributed by atoms with Crippen molar-refractivity contribution in [3.63, 3.8) is 0 Å². The van der Waals surface area contributed by atoms with Crippen LogP contribution in [0.5, 0.6) is 0 Å². The van der Waals surface area contributed by atoms with E-state index < -0.39 is 36.6 Å². The topological polar surface area (TPSA) is 66.8 Å². The summed E-state index contributed by atoms with van der Waals surface area (Å²) in [6.07, 6.45) is -6.59. The first kappa shape index (κ1) is 21.8. The zero-order valence-electron chi connectivity index (χ0n) is 14.9. The van der Waals surface area contributed by atoms with Crippen LogP contribution in [0.2, 0.25) is 0 Å². The van der Waals surface area contributed by atoms with Crippen LogP contribution >= 0.6 is 0 Å². The fraction of sp³-hybridized carbons (Fsp3) is 0.556. The molecule has 1 rings (SSSR count). The monoisotopic (exact) mass is 375 g/mol. The van der Waals surface area contributed by atoms with Crippen molar-refractivity contribution in [2.24, 2.45) is 0 Å². The second-order valence-electron chi connectivity index (χ2n) is 6.24. The summed E-state index contributed by atoms with van der Waals surface area (Å²) in [6, 6.07) is 8.84. The van der Waals surface area contributed by atoms with Gasteiger partial charge in [-0.2, -0.15) is 13.2 Å². The van der Waals surface area contributed by atoms with Crippen LogP contribution in [0.3, 0.4) is 0 Å². The highest BCUT2D eigenvalue weighted by molar-refractivity contribution is 5.84. The van der Waals surface area contributed by atoms with Crippen LogP contribution in [0.25, 0.3) is 0 Å². The van der Waals surface area contributed by atoms with Crippen molar-refractivity contribution >= 4 is 12.1 Å². The van der Waals surface area contributed by atoms with Crippen molar-refractivity contribution in [2.45, 2.75) is 57.9 Å². The molecule has 1 aromatic carbocycles. The predicted octanol–water partition coefficient (Wildman–Crippen LogP) is 4.61. The van der Waals surface area contributed by atoms with E-state index in [0.29, 0.717) is 6.42 Å². The fourth-order valence-electron chi connectivity index (χ4n) is 2.55. The number of rotatable bonds is 9. The Morgan fingerprint density at radius 3 is 2.27 bits per heavy atom. The zero-order chi connectivity index (χ0) is 19.8. The van der Waals surface area contributed by atoms with E-state index in [1.54, 1.807) is 37.3 Å². The quantitative estimate of drug-likeness (QED) is 0.684. The van der Waals surface area contributed by atoms with Gasteiger partial charge in [0.25, 0.3) is 0 Å². The third kappa shape index (κ3) is 6.57. The standard InChI is InChI=1S/C18H24F3NO4/c1-3-12-22(16(25)26-13-14-8-5-4-6-9-14)17(2,15(23)24)10-7-11-18(19,20)21/h4-6,8-9H,3,7,10-13H2,1-2H3,(H,23,24). The molecule has 0 radical (unpaired) electrons. The van der Waals surface area contributed by atoms with Crippen molar-refractivity contribution in [2.75, 3.05) is 6.54 Å². The molecule has 0 bridgehead atoms. The molecule has 1 atom stereocenters. The number of carboxylic acid groups (broad SMARTS) is 1. The molecular formula is C18H24F3NO4. The van der Waals surface area contributed by atoms with Gasteiger partial charge in [0, 0.05) is 13.0 Å². The van der Waals surface area contributed by atoms with Crippen LogP contribution in [0.15, 0.2) is 30.3 Å². The Morgan fingerprint density at radius 2 is 1.77 bits per heavy atom. The van der Waals surface area contributed by atoms with E-state index in [0.717, 1.165) is 10.5 Å². The summed E-state index contributed by atoms with van der Waals surface area (Å²) in [4.78, 5) is 25.2. The van der Waals surface area contributed by atoms with E-state index in [1.807, 2.05) is 0 Å². The maximum atomic E-state index is 12.4. The van der Waals surface area contributed by atoms with Crippen LogP contribution in [0.4, 0.5) is 18.0 Å². The smallest absolute Gasteiger partial charge is 0.411 e. The molecule has 5 nitrogen and oxygen atoms in total. The summed E-state index contributed by atoms with van der Waals surface area (Å²) in [5.74, 6) is -1.36. The van der Waals surface area contributed by atoms with E-state index in [1.165, 1.54) is 6.92 Å². The molecular weight excluding hydrogens is 351 g/mol. The Kier molecular flexibility index (Phi) is 7.92. The lowest BCUT2D eigenvalue weighted by Gasteiger charge is -2.37. The minimum Gasteiger partial charge on any atom is -0.480 e. The third-order valence-electron chi connectivity index (χ3n) is 4.05. The van der Waals surface area contributed by atoms with Gasteiger partial charge in [0.1, 0.15) is 12.1 Å². The van der Waals surface area contributed by atoms with Gasteiger partial charge in [0.15, 0.2) is 0 Å². The van der Waals surface area contributed by atoms with E-state index in [9.17, 15) is 27.9 Å². The number of alkyl halides is 3. The average Bonchev–Trinajstić information content (AvgIpc) is 2.57. The number of halogens is 3. The lowest BCUT2D eigenvalue weighted by atomic mass is 9.92. The van der Waals surface area contributed by atoms with Gasteiger partial charge in [-0.05, 0) is 31.7 Å². The van der Waals surface area contributed by atoms with Crippen LogP contribution in [-0.2, 0) is 16.1 Å². The summed E-state index contributed by atoms with van der Waals surface area (Å²) >= 11 is 0. The van der Waals surface area contributed by atoms with Crippen molar-refractivity contribution in [1.29, 1.82) is 0 Å². The molecule has 146 valence electrons. The highest BCUT2D eigenvalue weighted by Crippen LogP contribution is 2.29. The Labute approximate surface area is 150 Å². The van der Waals surface area contributed by atoms with Crippen LogP contribution < -0.4 is 0 Å². The maximum Gasteiger partial charge on any atom is 0.411 e. The SMILES string of the molecule is CCCN(C(=O)OCc1ccccc1)C(C)(CCCC(F)(F)F)C(=O)O. The number of nitrogens with zero attached hydrogens (tertiary/aromatic N) is 1. The van der Waals surface area contributed by atoms with Crippen LogP contribution in [-0.4, -0.2) is 40.3 Å². The molecule has 1 amide bonds. The lowest BCUT2D eigenvalue weighted by Crippen LogP contribution is -2.55. The predicted molar refractivity (Wildman–Crippen MR) is 89.6 cm³/mol. The maximum absolute atomic E-state index is 12.4. The highest BCUT2D eigenvalue weighted by Gasteiger charge is 2.43. The Balaban J connectivity index is 2.85. The van der Waals surface area contributed by atoms with Gasteiger partial charge in [-0.1, -0.05) is 37.3 Å². The molecule has 0 fully saturated rings. The molecule has 0 aliphatic carbocycles. The average molecular weight is 375 g/mol. The molecule has 0 heterocycles. The Bertz CT molecular complexity index is 592. The number of aliphatic carboxylic acids is 1. The van der Waals surface area contributed by atoms with Gasteiger partial charge in [-0.15, -0.1) is 0 Å². The van der Waals surface area contributed by atoms with E-state index in [2.05, 4.69) is 0 Å². The highest BCUT2D eigenvalue weighted by atomic mass is 19.4. The fourth-order valence-corrected chi connectivity index (χ4v) is 2.55. The van der Waals surface area contributed by atoms with Gasteiger partial charge in [0.05, 0.1) is 0 Å². The molecule has 0 spiro atoms. The first-order valence-electron chi connectivity index (χ1n) is 8.38. The second kappa shape index (κ2) is 9.45. The van der Waals surface area contributed by atoms with Crippen molar-refractivity contribution < 1.29 is 32.6 Å². The summed E-state index contributed by atoms with van der Waals surface area (Å²) in [6.45, 7) is 3.03. The number of hydrogen-bond donors (Lipinski definition) is 1. The van der Waals surface area contributed by atoms with Gasteiger partial charge in [-0.25, -0.2) is 9.59 Å². The van der Waals surface area contributed by atoms with Gasteiger partial charge in [-0.3, -0.25) is 4.90 Å². The first-order valence-corrected chi connectivity index (χ1v) is 8.38. The number of hydrogen-bond acceptors (Lipinski definition) is 3. The second-order valence-corrected chi connectivity index (χ2v) is 6.24. The van der Waals surface area contributed by atoms with Crippen molar-refractivity contribution in [3.05, 3.63) is 35.9 Å². The van der Waals surface area contributed by atoms with Crippen molar-refractivity contribution in [1.82, 2.24) is 4.90 Å². The minimum absolute atomic E-state index is 0.0435. The van der Waals surface area contributed by atoms with Crippen LogP contribution in [0.1, 0.15) is 45.1 Å². The molecule has 0 aliphatic rings. The number of benzene rings is 1. The Hall–Kier alpha value is -2.25. The summed E-state index contributed by atoms with van der Waals surface area (Å²) in [7, 11) is 0. The third-order valence-corrected chi connectivity index (χ3v) is 4.05. The largest absolute Gasteiger partial charge is 0.480 e. The zero-order valence-corrected chi connectivity index (χ0v) is 14.9. The number of carbonyl (C=O) groups is 2. The van der Waals surface area contributed by atoms with E-state index in [4.69, 9.17) is 4.74 Å². The van der Waals surface area contributed by atoms with Gasteiger partial charge >= 0.3 is 18.2 Å². The molecule has 8 heteroatoms. The Morgan fingerprint density at radius 1 is 1.15 bits per heavy atom. The molecule has 0 aliphatic heterocycles. The molecule has 26 heavy (non-hydrogen) atoms. The number of ether oxygens (including phenoxy) is 1. The molecule has 1 aromatic rings. The minimum atomic E-state index is -4.37.